The first kappa shape index (κ1) is 18.7. The smallest absolute Gasteiger partial charge is 0.234 e. The van der Waals surface area contributed by atoms with Gasteiger partial charge >= 0.3 is 0 Å². The second-order valence-electron chi connectivity index (χ2n) is 7.32. The van der Waals surface area contributed by atoms with Gasteiger partial charge in [-0.2, -0.15) is 4.98 Å². The van der Waals surface area contributed by atoms with E-state index >= 15 is 0 Å². The number of benzene rings is 2. The first-order chi connectivity index (χ1) is 13.5. The summed E-state index contributed by atoms with van der Waals surface area (Å²) in [5.41, 5.74) is 1.87. The van der Waals surface area contributed by atoms with Gasteiger partial charge in [-0.25, -0.2) is 8.42 Å². The first-order valence-corrected chi connectivity index (χ1v) is 11.2. The van der Waals surface area contributed by atoms with Crippen molar-refractivity contribution in [3.8, 4) is 11.5 Å². The number of rotatable bonds is 5. The molecule has 1 saturated carbocycles. The Hall–Kier alpha value is -2.60. The molecule has 0 spiro atoms. The van der Waals surface area contributed by atoms with Gasteiger partial charge in [-0.05, 0) is 44.0 Å². The molecule has 5 nitrogen and oxygen atoms in total. The second-order valence-corrected chi connectivity index (χ2v) is 9.18. The highest BCUT2D eigenvalue weighted by molar-refractivity contribution is 7.91. The molecule has 146 valence electrons. The maximum Gasteiger partial charge on any atom is 0.234 e. The normalized spacial score (nSPS) is 15.5. The summed E-state index contributed by atoms with van der Waals surface area (Å²) in [6.07, 6.45) is 5.50. The van der Waals surface area contributed by atoms with Gasteiger partial charge in [0.15, 0.2) is 0 Å². The standard InChI is InChI=1S/C22H24N2O3S/c1-16-12-14-17(15-13-16)20-24-22(28(25,26)19-10-6-3-7-11-19)21(27-20)23-18-8-4-2-5-9-18/h3,6-7,10-15,18,23H,2,4-5,8-9H2,1H3. The van der Waals surface area contributed by atoms with Crippen LogP contribution in [0.4, 0.5) is 5.88 Å². The summed E-state index contributed by atoms with van der Waals surface area (Å²) < 4.78 is 32.4. The van der Waals surface area contributed by atoms with Crippen molar-refractivity contribution in [3.05, 3.63) is 60.2 Å². The molecule has 3 aromatic rings. The van der Waals surface area contributed by atoms with Crippen LogP contribution in [0.25, 0.3) is 11.5 Å². The Bertz CT molecular complexity index is 1040. The second kappa shape index (κ2) is 7.80. The number of sulfone groups is 1. The van der Waals surface area contributed by atoms with Crippen molar-refractivity contribution >= 4 is 15.7 Å². The van der Waals surface area contributed by atoms with Crippen LogP contribution in [0.3, 0.4) is 0 Å². The van der Waals surface area contributed by atoms with Crippen LogP contribution >= 0.6 is 0 Å². The molecule has 1 heterocycles. The zero-order chi connectivity index (χ0) is 19.6. The van der Waals surface area contributed by atoms with Gasteiger partial charge in [-0.1, -0.05) is 55.2 Å². The van der Waals surface area contributed by atoms with E-state index in [1.54, 1.807) is 30.3 Å². The van der Waals surface area contributed by atoms with E-state index < -0.39 is 9.84 Å². The van der Waals surface area contributed by atoms with Crippen LogP contribution in [-0.4, -0.2) is 19.4 Å². The molecule has 1 aliphatic carbocycles. The zero-order valence-corrected chi connectivity index (χ0v) is 16.7. The van der Waals surface area contributed by atoms with Crippen LogP contribution in [0.1, 0.15) is 37.7 Å². The van der Waals surface area contributed by atoms with Gasteiger partial charge in [0, 0.05) is 11.6 Å². The van der Waals surface area contributed by atoms with Crippen molar-refractivity contribution in [2.75, 3.05) is 5.32 Å². The van der Waals surface area contributed by atoms with Gasteiger partial charge in [0.2, 0.25) is 26.6 Å². The zero-order valence-electron chi connectivity index (χ0n) is 15.9. The maximum atomic E-state index is 13.2. The molecule has 1 N–H and O–H groups in total. The Labute approximate surface area is 165 Å². The summed E-state index contributed by atoms with van der Waals surface area (Å²) in [7, 11) is -3.78. The highest BCUT2D eigenvalue weighted by atomic mass is 32.2. The average Bonchev–Trinajstić information content (AvgIpc) is 3.14. The number of nitrogens with one attached hydrogen (secondary N) is 1. The molecule has 0 amide bonds. The van der Waals surface area contributed by atoms with E-state index in [9.17, 15) is 8.42 Å². The Morgan fingerprint density at radius 2 is 1.64 bits per heavy atom. The predicted octanol–water partition coefficient (Wildman–Crippen LogP) is 5.23. The lowest BCUT2D eigenvalue weighted by Gasteiger charge is -2.22. The van der Waals surface area contributed by atoms with E-state index in [1.165, 1.54) is 6.42 Å². The van der Waals surface area contributed by atoms with Crippen molar-refractivity contribution in [3.63, 3.8) is 0 Å². The van der Waals surface area contributed by atoms with E-state index in [0.29, 0.717) is 5.89 Å². The van der Waals surface area contributed by atoms with Crippen molar-refractivity contribution in [1.29, 1.82) is 0 Å². The summed E-state index contributed by atoms with van der Waals surface area (Å²) in [5.74, 6) is 0.555. The molecule has 1 aromatic heterocycles. The van der Waals surface area contributed by atoms with Crippen LogP contribution in [0.5, 0.6) is 0 Å². The third kappa shape index (κ3) is 3.83. The molecule has 28 heavy (non-hydrogen) atoms. The van der Waals surface area contributed by atoms with Crippen LogP contribution in [-0.2, 0) is 9.84 Å². The van der Waals surface area contributed by atoms with Crippen molar-refractivity contribution < 1.29 is 12.8 Å². The molecule has 4 rings (SSSR count). The molecule has 1 fully saturated rings. The third-order valence-corrected chi connectivity index (χ3v) is 6.82. The van der Waals surface area contributed by atoms with Crippen LogP contribution in [0.2, 0.25) is 0 Å². The fourth-order valence-corrected chi connectivity index (χ4v) is 4.83. The van der Waals surface area contributed by atoms with E-state index in [-0.39, 0.29) is 21.8 Å². The third-order valence-electron chi connectivity index (χ3n) is 5.14. The molecule has 1 aliphatic rings. The molecule has 0 atom stereocenters. The van der Waals surface area contributed by atoms with Gasteiger partial charge in [-0.3, -0.25) is 0 Å². The number of hydrogen-bond acceptors (Lipinski definition) is 5. The summed E-state index contributed by atoms with van der Waals surface area (Å²) in [6, 6.07) is 16.3. The number of hydrogen-bond donors (Lipinski definition) is 1. The monoisotopic (exact) mass is 396 g/mol. The molecule has 0 radical (unpaired) electrons. The molecule has 0 unspecified atom stereocenters. The fourth-order valence-electron chi connectivity index (χ4n) is 3.54. The number of aryl methyl sites for hydroxylation is 1. The topological polar surface area (TPSA) is 72.2 Å². The minimum atomic E-state index is -3.78. The van der Waals surface area contributed by atoms with E-state index in [1.807, 2.05) is 31.2 Å². The molecular weight excluding hydrogens is 372 g/mol. The van der Waals surface area contributed by atoms with E-state index in [0.717, 1.165) is 36.8 Å². The van der Waals surface area contributed by atoms with Gasteiger partial charge in [-0.15, -0.1) is 0 Å². The van der Waals surface area contributed by atoms with E-state index in [2.05, 4.69) is 10.3 Å². The number of anilines is 1. The Morgan fingerprint density at radius 1 is 0.964 bits per heavy atom. The maximum absolute atomic E-state index is 13.2. The first-order valence-electron chi connectivity index (χ1n) is 9.68. The van der Waals surface area contributed by atoms with Crippen molar-refractivity contribution in [2.24, 2.45) is 0 Å². The van der Waals surface area contributed by atoms with Gasteiger partial charge in [0.05, 0.1) is 4.90 Å². The average molecular weight is 397 g/mol. The van der Waals surface area contributed by atoms with Crippen molar-refractivity contribution in [2.45, 2.75) is 55.0 Å². The molecular formula is C22H24N2O3S. The van der Waals surface area contributed by atoms with Gasteiger partial charge in [0.1, 0.15) is 0 Å². The SMILES string of the molecule is Cc1ccc(-c2nc(S(=O)(=O)c3ccccc3)c(NC3CCCCC3)o2)cc1. The lowest BCUT2D eigenvalue weighted by atomic mass is 9.96. The Balaban J connectivity index is 1.77. The minimum absolute atomic E-state index is 0.0418. The Kier molecular flexibility index (Phi) is 5.22. The largest absolute Gasteiger partial charge is 0.419 e. The van der Waals surface area contributed by atoms with Crippen LogP contribution in [0, 0.1) is 6.92 Å². The lowest BCUT2D eigenvalue weighted by molar-refractivity contribution is 0.450. The van der Waals surface area contributed by atoms with Gasteiger partial charge in [0.25, 0.3) is 0 Å². The van der Waals surface area contributed by atoms with Crippen LogP contribution < -0.4 is 5.32 Å². The molecule has 2 aromatic carbocycles. The number of oxazole rings is 1. The fraction of sp³-hybridized carbons (Fsp3) is 0.318. The summed E-state index contributed by atoms with van der Waals surface area (Å²) in [4.78, 5) is 4.62. The number of nitrogens with zero attached hydrogens (tertiary/aromatic N) is 1. The van der Waals surface area contributed by atoms with Gasteiger partial charge < -0.3 is 9.73 Å². The summed E-state index contributed by atoms with van der Waals surface area (Å²) in [5, 5.41) is 3.28. The molecule has 0 bridgehead atoms. The quantitative estimate of drug-likeness (QED) is 0.639. The Morgan fingerprint density at radius 3 is 2.32 bits per heavy atom. The summed E-state index contributed by atoms with van der Waals surface area (Å²) in [6.45, 7) is 2.00. The molecule has 0 aliphatic heterocycles. The number of aromatic nitrogens is 1. The highest BCUT2D eigenvalue weighted by Gasteiger charge is 2.30. The lowest BCUT2D eigenvalue weighted by Crippen LogP contribution is -2.23. The highest BCUT2D eigenvalue weighted by Crippen LogP contribution is 2.34. The van der Waals surface area contributed by atoms with E-state index in [4.69, 9.17) is 4.42 Å². The van der Waals surface area contributed by atoms with Crippen LogP contribution in [0.15, 0.2) is 68.9 Å². The molecule has 6 heteroatoms. The summed E-state index contributed by atoms with van der Waals surface area (Å²) >= 11 is 0. The predicted molar refractivity (Wildman–Crippen MR) is 109 cm³/mol. The molecule has 0 saturated heterocycles. The van der Waals surface area contributed by atoms with Crippen molar-refractivity contribution in [1.82, 2.24) is 4.98 Å². The minimum Gasteiger partial charge on any atom is -0.419 e.